The topological polar surface area (TPSA) is 32.8 Å². The second-order valence-electron chi connectivity index (χ2n) is 3.58. The number of ether oxygens (including phenoxy) is 1. The molecule has 1 N–H and O–H groups in total. The molecule has 0 bridgehead atoms. The van der Waals surface area contributed by atoms with Crippen LogP contribution in [0.4, 0.5) is 0 Å². The fourth-order valence-electron chi connectivity index (χ4n) is 1.77. The molecular weight excluding hydrogens is 140 g/mol. The number of rotatable bonds is 1. The van der Waals surface area contributed by atoms with Crippen LogP contribution in [0.3, 0.4) is 0 Å². The summed E-state index contributed by atoms with van der Waals surface area (Å²) in [5.41, 5.74) is 1.00. The molecule has 2 aliphatic rings. The quantitative estimate of drug-likeness (QED) is 0.453. The third-order valence-corrected chi connectivity index (χ3v) is 2.72. The van der Waals surface area contributed by atoms with E-state index in [2.05, 4.69) is 6.58 Å². The number of epoxide rings is 1. The standard InChI is InChI=1S/C9H14O2/c1-6-2-3-7(4-8(6)10)9-5-11-9/h7-10H,1-5H2. The maximum absolute atomic E-state index is 9.47. The molecule has 0 aromatic rings. The Hall–Kier alpha value is -0.340. The highest BCUT2D eigenvalue weighted by molar-refractivity contribution is 5.07. The maximum Gasteiger partial charge on any atom is 0.0839 e. The van der Waals surface area contributed by atoms with Crippen LogP contribution in [0.2, 0.25) is 0 Å². The van der Waals surface area contributed by atoms with Crippen LogP contribution in [0.15, 0.2) is 12.2 Å². The molecule has 1 aliphatic heterocycles. The molecule has 62 valence electrons. The molecule has 2 nitrogen and oxygen atoms in total. The minimum absolute atomic E-state index is 0.266. The van der Waals surface area contributed by atoms with Crippen LogP contribution in [-0.2, 0) is 4.74 Å². The summed E-state index contributed by atoms with van der Waals surface area (Å²) in [7, 11) is 0. The van der Waals surface area contributed by atoms with Crippen molar-refractivity contribution < 1.29 is 9.84 Å². The number of hydrogen-bond acceptors (Lipinski definition) is 2. The van der Waals surface area contributed by atoms with Gasteiger partial charge in [-0.05, 0) is 30.8 Å². The molecule has 0 radical (unpaired) electrons. The summed E-state index contributed by atoms with van der Waals surface area (Å²) in [5.74, 6) is 0.593. The van der Waals surface area contributed by atoms with Gasteiger partial charge < -0.3 is 9.84 Å². The monoisotopic (exact) mass is 154 g/mol. The Bertz CT molecular complexity index is 172. The van der Waals surface area contributed by atoms with Gasteiger partial charge in [-0.3, -0.25) is 0 Å². The van der Waals surface area contributed by atoms with E-state index in [9.17, 15) is 5.11 Å². The van der Waals surface area contributed by atoms with Gasteiger partial charge in [0.05, 0.1) is 18.8 Å². The van der Waals surface area contributed by atoms with Crippen LogP contribution in [-0.4, -0.2) is 23.9 Å². The van der Waals surface area contributed by atoms with Gasteiger partial charge in [-0.25, -0.2) is 0 Å². The van der Waals surface area contributed by atoms with E-state index in [1.807, 2.05) is 0 Å². The first-order valence-corrected chi connectivity index (χ1v) is 4.24. The van der Waals surface area contributed by atoms with E-state index in [4.69, 9.17) is 4.74 Å². The molecular formula is C9H14O2. The van der Waals surface area contributed by atoms with E-state index < -0.39 is 0 Å². The summed E-state index contributed by atoms with van der Waals surface area (Å²) in [6, 6.07) is 0. The molecule has 2 heteroatoms. The van der Waals surface area contributed by atoms with Crippen molar-refractivity contribution in [2.24, 2.45) is 5.92 Å². The minimum atomic E-state index is -0.266. The van der Waals surface area contributed by atoms with Crippen molar-refractivity contribution in [2.75, 3.05) is 6.61 Å². The molecule has 1 heterocycles. The molecule has 11 heavy (non-hydrogen) atoms. The van der Waals surface area contributed by atoms with Crippen LogP contribution < -0.4 is 0 Å². The fourth-order valence-corrected chi connectivity index (χ4v) is 1.77. The smallest absolute Gasteiger partial charge is 0.0839 e. The van der Waals surface area contributed by atoms with E-state index in [1.54, 1.807) is 0 Å². The normalized spacial score (nSPS) is 44.1. The molecule has 0 aromatic carbocycles. The van der Waals surface area contributed by atoms with E-state index >= 15 is 0 Å². The predicted octanol–water partition coefficient (Wildman–Crippen LogP) is 1.10. The molecule has 2 rings (SSSR count). The zero-order chi connectivity index (χ0) is 7.84. The Morgan fingerprint density at radius 3 is 2.82 bits per heavy atom. The van der Waals surface area contributed by atoms with Crippen molar-refractivity contribution in [3.05, 3.63) is 12.2 Å². The first kappa shape index (κ1) is 7.32. The molecule has 1 saturated carbocycles. The van der Waals surface area contributed by atoms with Crippen LogP contribution in [0, 0.1) is 5.92 Å². The lowest BCUT2D eigenvalue weighted by molar-refractivity contribution is 0.134. The van der Waals surface area contributed by atoms with Gasteiger partial charge >= 0.3 is 0 Å². The molecule has 1 saturated heterocycles. The summed E-state index contributed by atoms with van der Waals surface area (Å²) in [4.78, 5) is 0. The summed E-state index contributed by atoms with van der Waals surface area (Å²) >= 11 is 0. The maximum atomic E-state index is 9.47. The highest BCUT2D eigenvalue weighted by atomic mass is 16.6. The Morgan fingerprint density at radius 1 is 1.55 bits per heavy atom. The molecule has 0 spiro atoms. The average Bonchev–Trinajstić information content (AvgIpc) is 2.77. The summed E-state index contributed by atoms with van der Waals surface area (Å²) in [6.07, 6.45) is 3.19. The summed E-state index contributed by atoms with van der Waals surface area (Å²) in [5, 5.41) is 9.47. The molecule has 2 fully saturated rings. The van der Waals surface area contributed by atoms with Crippen molar-refractivity contribution in [3.8, 4) is 0 Å². The highest BCUT2D eigenvalue weighted by Crippen LogP contribution is 2.35. The minimum Gasteiger partial charge on any atom is -0.389 e. The number of aliphatic hydroxyl groups is 1. The Morgan fingerprint density at radius 2 is 2.27 bits per heavy atom. The third-order valence-electron chi connectivity index (χ3n) is 2.72. The summed E-state index contributed by atoms with van der Waals surface area (Å²) in [6.45, 7) is 4.73. The molecule has 3 atom stereocenters. The molecule has 1 aliphatic carbocycles. The first-order valence-electron chi connectivity index (χ1n) is 4.24. The van der Waals surface area contributed by atoms with Crippen LogP contribution in [0.1, 0.15) is 19.3 Å². The Labute approximate surface area is 66.9 Å². The van der Waals surface area contributed by atoms with Gasteiger partial charge in [-0.1, -0.05) is 6.58 Å². The predicted molar refractivity (Wildman–Crippen MR) is 42.2 cm³/mol. The van der Waals surface area contributed by atoms with Crippen LogP contribution in [0.25, 0.3) is 0 Å². The van der Waals surface area contributed by atoms with Crippen molar-refractivity contribution in [1.82, 2.24) is 0 Å². The SMILES string of the molecule is C=C1CCC(C2CO2)CC1O. The fraction of sp³-hybridized carbons (Fsp3) is 0.778. The van der Waals surface area contributed by atoms with Crippen molar-refractivity contribution >= 4 is 0 Å². The van der Waals surface area contributed by atoms with Crippen LogP contribution in [0.5, 0.6) is 0 Å². The Balaban J connectivity index is 1.91. The van der Waals surface area contributed by atoms with Crippen molar-refractivity contribution in [2.45, 2.75) is 31.5 Å². The molecule has 3 unspecified atom stereocenters. The zero-order valence-electron chi connectivity index (χ0n) is 6.62. The number of hydrogen-bond donors (Lipinski definition) is 1. The number of aliphatic hydroxyl groups excluding tert-OH is 1. The van der Waals surface area contributed by atoms with Gasteiger partial charge in [0.15, 0.2) is 0 Å². The second kappa shape index (κ2) is 2.61. The average molecular weight is 154 g/mol. The lowest BCUT2D eigenvalue weighted by Crippen LogP contribution is -2.24. The van der Waals surface area contributed by atoms with Crippen LogP contribution >= 0.6 is 0 Å². The second-order valence-corrected chi connectivity index (χ2v) is 3.58. The Kier molecular flexibility index (Phi) is 1.74. The van der Waals surface area contributed by atoms with E-state index in [0.717, 1.165) is 31.4 Å². The van der Waals surface area contributed by atoms with Gasteiger partial charge in [0.2, 0.25) is 0 Å². The lowest BCUT2D eigenvalue weighted by atomic mass is 9.83. The third kappa shape index (κ3) is 1.47. The van der Waals surface area contributed by atoms with Gasteiger partial charge in [-0.2, -0.15) is 0 Å². The van der Waals surface area contributed by atoms with Gasteiger partial charge in [-0.15, -0.1) is 0 Å². The van der Waals surface area contributed by atoms with E-state index in [1.165, 1.54) is 0 Å². The first-order chi connectivity index (χ1) is 5.27. The van der Waals surface area contributed by atoms with Crippen molar-refractivity contribution in [1.29, 1.82) is 0 Å². The van der Waals surface area contributed by atoms with Crippen molar-refractivity contribution in [3.63, 3.8) is 0 Å². The van der Waals surface area contributed by atoms with E-state index in [0.29, 0.717) is 12.0 Å². The summed E-state index contributed by atoms with van der Waals surface area (Å²) < 4.78 is 5.19. The highest BCUT2D eigenvalue weighted by Gasteiger charge is 2.36. The zero-order valence-corrected chi connectivity index (χ0v) is 6.62. The largest absolute Gasteiger partial charge is 0.389 e. The molecule has 0 aromatic heterocycles. The molecule has 0 amide bonds. The van der Waals surface area contributed by atoms with Gasteiger partial charge in [0.25, 0.3) is 0 Å². The van der Waals surface area contributed by atoms with E-state index in [-0.39, 0.29) is 6.10 Å². The van der Waals surface area contributed by atoms with Gasteiger partial charge in [0, 0.05) is 0 Å². The lowest BCUT2D eigenvalue weighted by Gasteiger charge is -2.26. The van der Waals surface area contributed by atoms with Gasteiger partial charge in [0.1, 0.15) is 0 Å².